The first-order chi connectivity index (χ1) is 13.1. The largest absolute Gasteiger partial charge is 0.480 e. The molecule has 3 fully saturated rings. The topological polar surface area (TPSA) is 90.0 Å². The van der Waals surface area contributed by atoms with E-state index in [2.05, 4.69) is 10.2 Å². The molecular formula is C21H35N3O4. The molecular weight excluding hydrogens is 358 g/mol. The van der Waals surface area contributed by atoms with Crippen molar-refractivity contribution in [3.8, 4) is 0 Å². The Labute approximate surface area is 167 Å². The Morgan fingerprint density at radius 1 is 1.14 bits per heavy atom. The summed E-state index contributed by atoms with van der Waals surface area (Å²) in [7, 11) is 0. The van der Waals surface area contributed by atoms with Crippen LogP contribution in [0.4, 0.5) is 0 Å². The van der Waals surface area contributed by atoms with Crippen molar-refractivity contribution in [1.82, 2.24) is 15.1 Å². The minimum Gasteiger partial charge on any atom is -0.480 e. The van der Waals surface area contributed by atoms with Gasteiger partial charge >= 0.3 is 5.97 Å². The van der Waals surface area contributed by atoms with Crippen LogP contribution < -0.4 is 5.32 Å². The Balaban J connectivity index is 1.45. The maximum Gasteiger partial charge on any atom is 0.317 e. The van der Waals surface area contributed by atoms with E-state index in [4.69, 9.17) is 5.11 Å². The molecule has 0 aromatic heterocycles. The quantitative estimate of drug-likeness (QED) is 0.687. The number of piperidine rings is 1. The van der Waals surface area contributed by atoms with Crippen molar-refractivity contribution in [3.05, 3.63) is 0 Å². The van der Waals surface area contributed by atoms with Gasteiger partial charge in [0, 0.05) is 37.1 Å². The van der Waals surface area contributed by atoms with E-state index in [1.54, 1.807) is 0 Å². The van der Waals surface area contributed by atoms with Crippen molar-refractivity contribution in [2.45, 2.75) is 71.4 Å². The molecule has 1 unspecified atom stereocenters. The molecule has 3 rings (SSSR count). The second kappa shape index (κ2) is 8.39. The van der Waals surface area contributed by atoms with Crippen molar-refractivity contribution >= 4 is 17.8 Å². The highest BCUT2D eigenvalue weighted by molar-refractivity contribution is 5.84. The van der Waals surface area contributed by atoms with Crippen LogP contribution in [0.2, 0.25) is 0 Å². The molecule has 0 bridgehead atoms. The normalized spacial score (nSPS) is 28.0. The van der Waals surface area contributed by atoms with Gasteiger partial charge in [0.15, 0.2) is 0 Å². The summed E-state index contributed by atoms with van der Waals surface area (Å²) in [5.74, 6) is -0.110. The van der Waals surface area contributed by atoms with Gasteiger partial charge in [-0.25, -0.2) is 0 Å². The Bertz CT molecular complexity index is 605. The van der Waals surface area contributed by atoms with Gasteiger partial charge in [-0.05, 0) is 44.4 Å². The standard InChI is InChI=1S/C21H35N3O4/c1-21(2,3)20(28)23-8-4-5-15(12-23)19(27)22-16-9-17(10-16)24(13-18(25)26)11-14-6-7-14/h14-17H,4-13H2,1-3H3,(H,22,27)(H,25,26). The van der Waals surface area contributed by atoms with E-state index in [1.807, 2.05) is 25.7 Å². The zero-order valence-corrected chi connectivity index (χ0v) is 17.4. The summed E-state index contributed by atoms with van der Waals surface area (Å²) in [5, 5.41) is 12.3. The number of nitrogens with zero attached hydrogens (tertiary/aromatic N) is 2. The summed E-state index contributed by atoms with van der Waals surface area (Å²) in [4.78, 5) is 40.3. The summed E-state index contributed by atoms with van der Waals surface area (Å²) >= 11 is 0. The van der Waals surface area contributed by atoms with E-state index in [9.17, 15) is 14.4 Å². The first kappa shape index (κ1) is 21.1. The number of rotatable bonds is 7. The van der Waals surface area contributed by atoms with Gasteiger partial charge in [0.1, 0.15) is 0 Å². The van der Waals surface area contributed by atoms with Crippen LogP contribution in [0.5, 0.6) is 0 Å². The molecule has 28 heavy (non-hydrogen) atoms. The van der Waals surface area contributed by atoms with Crippen molar-refractivity contribution in [2.75, 3.05) is 26.2 Å². The molecule has 1 saturated heterocycles. The number of nitrogens with one attached hydrogen (secondary N) is 1. The summed E-state index contributed by atoms with van der Waals surface area (Å²) < 4.78 is 0. The van der Waals surface area contributed by atoms with Gasteiger partial charge in [-0.2, -0.15) is 0 Å². The second-order valence-corrected chi connectivity index (χ2v) is 9.94. The van der Waals surface area contributed by atoms with E-state index in [-0.39, 0.29) is 36.4 Å². The Morgan fingerprint density at radius 2 is 1.82 bits per heavy atom. The molecule has 3 aliphatic rings. The van der Waals surface area contributed by atoms with Gasteiger partial charge in [-0.1, -0.05) is 20.8 Å². The van der Waals surface area contributed by atoms with Gasteiger partial charge in [0.05, 0.1) is 12.5 Å². The summed E-state index contributed by atoms with van der Waals surface area (Å²) in [6.45, 7) is 7.94. The Kier molecular flexibility index (Phi) is 6.32. The third-order valence-corrected chi connectivity index (χ3v) is 6.22. The zero-order valence-electron chi connectivity index (χ0n) is 17.4. The van der Waals surface area contributed by atoms with E-state index in [0.717, 1.165) is 38.8 Å². The molecule has 2 N–H and O–H groups in total. The number of likely N-dealkylation sites (tertiary alicyclic amines) is 1. The predicted octanol–water partition coefficient (Wildman–Crippen LogP) is 1.71. The lowest BCUT2D eigenvalue weighted by molar-refractivity contribution is -0.143. The minimum absolute atomic E-state index is 0.0434. The summed E-state index contributed by atoms with van der Waals surface area (Å²) in [6.07, 6.45) is 5.73. The van der Waals surface area contributed by atoms with E-state index in [0.29, 0.717) is 12.5 Å². The van der Waals surface area contributed by atoms with Crippen LogP contribution in [0, 0.1) is 17.3 Å². The molecule has 0 aromatic rings. The minimum atomic E-state index is -0.779. The number of carboxylic acids is 1. The molecule has 1 aliphatic heterocycles. The van der Waals surface area contributed by atoms with Crippen molar-refractivity contribution in [2.24, 2.45) is 17.3 Å². The molecule has 0 aromatic carbocycles. The maximum absolute atomic E-state index is 12.7. The molecule has 7 heteroatoms. The van der Waals surface area contributed by atoms with Crippen molar-refractivity contribution < 1.29 is 19.5 Å². The highest BCUT2D eigenvalue weighted by Crippen LogP contribution is 2.34. The lowest BCUT2D eigenvalue weighted by atomic mass is 9.84. The maximum atomic E-state index is 12.7. The van der Waals surface area contributed by atoms with Crippen molar-refractivity contribution in [3.63, 3.8) is 0 Å². The van der Waals surface area contributed by atoms with E-state index in [1.165, 1.54) is 12.8 Å². The monoisotopic (exact) mass is 393 g/mol. The molecule has 2 aliphatic carbocycles. The van der Waals surface area contributed by atoms with Crippen LogP contribution >= 0.6 is 0 Å². The first-order valence-electron chi connectivity index (χ1n) is 10.7. The molecule has 7 nitrogen and oxygen atoms in total. The fourth-order valence-electron chi connectivity index (χ4n) is 4.32. The zero-order chi connectivity index (χ0) is 20.5. The number of hydrogen-bond acceptors (Lipinski definition) is 4. The first-order valence-corrected chi connectivity index (χ1v) is 10.7. The summed E-state index contributed by atoms with van der Waals surface area (Å²) in [6, 6.07) is 0.383. The van der Waals surface area contributed by atoms with Gasteiger partial charge in [0.2, 0.25) is 11.8 Å². The average molecular weight is 394 g/mol. The van der Waals surface area contributed by atoms with Crippen LogP contribution in [-0.2, 0) is 14.4 Å². The molecule has 2 saturated carbocycles. The molecule has 2 amide bonds. The Hall–Kier alpha value is -1.63. The number of carbonyl (C=O) groups is 3. The van der Waals surface area contributed by atoms with Gasteiger partial charge in [0.25, 0.3) is 0 Å². The predicted molar refractivity (Wildman–Crippen MR) is 106 cm³/mol. The fourth-order valence-corrected chi connectivity index (χ4v) is 4.32. The van der Waals surface area contributed by atoms with Crippen LogP contribution in [0.1, 0.15) is 59.3 Å². The SMILES string of the molecule is CC(C)(C)C(=O)N1CCCC(C(=O)NC2CC(N(CC(=O)O)CC3CC3)C2)C1. The van der Waals surface area contributed by atoms with Crippen LogP contribution in [0.15, 0.2) is 0 Å². The molecule has 0 spiro atoms. The number of amides is 2. The van der Waals surface area contributed by atoms with Gasteiger partial charge in [-0.15, -0.1) is 0 Å². The molecule has 158 valence electrons. The van der Waals surface area contributed by atoms with Gasteiger partial charge < -0.3 is 15.3 Å². The number of hydrogen-bond donors (Lipinski definition) is 2. The van der Waals surface area contributed by atoms with E-state index < -0.39 is 11.4 Å². The highest BCUT2D eigenvalue weighted by atomic mass is 16.4. The molecule has 1 atom stereocenters. The van der Waals surface area contributed by atoms with Crippen LogP contribution in [0.25, 0.3) is 0 Å². The second-order valence-electron chi connectivity index (χ2n) is 9.94. The highest BCUT2D eigenvalue weighted by Gasteiger charge is 2.39. The Morgan fingerprint density at radius 3 is 2.39 bits per heavy atom. The fraction of sp³-hybridized carbons (Fsp3) is 0.857. The smallest absolute Gasteiger partial charge is 0.317 e. The van der Waals surface area contributed by atoms with Crippen LogP contribution in [-0.4, -0.2) is 71.0 Å². The number of carboxylic acid groups (broad SMARTS) is 1. The molecule has 0 radical (unpaired) electrons. The van der Waals surface area contributed by atoms with Crippen LogP contribution in [0.3, 0.4) is 0 Å². The lowest BCUT2D eigenvalue weighted by Gasteiger charge is -2.43. The average Bonchev–Trinajstić information content (AvgIpc) is 3.39. The van der Waals surface area contributed by atoms with Gasteiger partial charge in [-0.3, -0.25) is 19.3 Å². The summed E-state index contributed by atoms with van der Waals surface area (Å²) in [5.41, 5.74) is -0.422. The molecule has 1 heterocycles. The number of aliphatic carboxylic acids is 1. The van der Waals surface area contributed by atoms with E-state index >= 15 is 0 Å². The van der Waals surface area contributed by atoms with Crippen molar-refractivity contribution in [1.29, 1.82) is 0 Å². The third-order valence-electron chi connectivity index (χ3n) is 6.22. The lowest BCUT2D eigenvalue weighted by Crippen LogP contribution is -2.57. The third kappa shape index (κ3) is 5.46. The number of carbonyl (C=O) groups excluding carboxylic acids is 2.